The van der Waals surface area contributed by atoms with Crippen molar-refractivity contribution in [2.24, 2.45) is 0 Å². The lowest BCUT2D eigenvalue weighted by atomic mass is 10.2. The Balaban J connectivity index is 1.35. The summed E-state index contributed by atoms with van der Waals surface area (Å²) in [6, 6.07) is 14.8. The lowest BCUT2D eigenvalue weighted by Gasteiger charge is -2.00. The van der Waals surface area contributed by atoms with Gasteiger partial charge >= 0.3 is 0 Å². The highest BCUT2D eigenvalue weighted by Gasteiger charge is 2.12. The number of hydrogen-bond donors (Lipinski definition) is 2. The standard InChI is InChI=1S/C18H15N5O3S/c1-25-12-8-6-11(7-9-12)16-22-23-18(26-16)27-10-15(24)21-17-19-13-4-2-3-5-14(13)20-17/h2-9H,10H2,1H3,(H2,19,20,21,24). The monoisotopic (exact) mass is 381 g/mol. The fourth-order valence-corrected chi connectivity index (χ4v) is 2.99. The van der Waals surface area contributed by atoms with E-state index in [1.54, 1.807) is 7.11 Å². The molecule has 4 aromatic rings. The molecule has 4 rings (SSSR count). The third-order valence-electron chi connectivity index (χ3n) is 3.72. The molecule has 2 aromatic heterocycles. The number of carbonyl (C=O) groups excluding carboxylic acids is 1. The van der Waals surface area contributed by atoms with Gasteiger partial charge in [-0.15, -0.1) is 10.2 Å². The highest BCUT2D eigenvalue weighted by atomic mass is 32.2. The second kappa shape index (κ2) is 7.50. The summed E-state index contributed by atoms with van der Waals surface area (Å²) in [6.45, 7) is 0. The molecule has 1 amide bonds. The fraction of sp³-hybridized carbons (Fsp3) is 0.111. The molecule has 0 radical (unpaired) electrons. The van der Waals surface area contributed by atoms with Crippen molar-refractivity contribution in [3.05, 3.63) is 48.5 Å². The summed E-state index contributed by atoms with van der Waals surface area (Å²) in [7, 11) is 1.60. The Morgan fingerprint density at radius 2 is 2.00 bits per heavy atom. The van der Waals surface area contributed by atoms with Crippen LogP contribution in [0.3, 0.4) is 0 Å². The molecule has 27 heavy (non-hydrogen) atoms. The van der Waals surface area contributed by atoms with E-state index in [1.165, 1.54) is 0 Å². The van der Waals surface area contributed by atoms with Crippen LogP contribution in [0.15, 0.2) is 58.2 Å². The van der Waals surface area contributed by atoms with Crippen molar-refractivity contribution in [1.29, 1.82) is 0 Å². The molecule has 0 saturated heterocycles. The summed E-state index contributed by atoms with van der Waals surface area (Å²) >= 11 is 1.16. The number of anilines is 1. The molecule has 0 atom stereocenters. The Bertz CT molecular complexity index is 1040. The van der Waals surface area contributed by atoms with Gasteiger partial charge < -0.3 is 14.1 Å². The molecule has 0 aliphatic rings. The number of methoxy groups -OCH3 is 1. The first kappa shape index (κ1) is 17.1. The smallest absolute Gasteiger partial charge is 0.277 e. The summed E-state index contributed by atoms with van der Waals surface area (Å²) in [6.07, 6.45) is 0. The zero-order valence-corrected chi connectivity index (χ0v) is 15.1. The Morgan fingerprint density at radius 3 is 2.78 bits per heavy atom. The SMILES string of the molecule is COc1ccc(-c2nnc(SCC(=O)Nc3nc4ccccc4[nH]3)o2)cc1. The van der Waals surface area contributed by atoms with Crippen LogP contribution in [0.4, 0.5) is 5.95 Å². The van der Waals surface area contributed by atoms with Crippen LogP contribution in [0.1, 0.15) is 0 Å². The van der Waals surface area contributed by atoms with E-state index in [9.17, 15) is 4.79 Å². The molecule has 0 aliphatic heterocycles. The molecule has 0 bridgehead atoms. The highest BCUT2D eigenvalue weighted by Crippen LogP contribution is 2.25. The minimum atomic E-state index is -0.219. The molecule has 0 aliphatic carbocycles. The van der Waals surface area contributed by atoms with Gasteiger partial charge in [0.05, 0.1) is 23.9 Å². The molecular formula is C18H15N5O3S. The molecule has 2 N–H and O–H groups in total. The minimum absolute atomic E-state index is 0.126. The Labute approximate surface area is 158 Å². The topological polar surface area (TPSA) is 106 Å². The third-order valence-corrected chi connectivity index (χ3v) is 4.54. The number of nitrogens with zero attached hydrogens (tertiary/aromatic N) is 3. The van der Waals surface area contributed by atoms with Gasteiger partial charge in [0.2, 0.25) is 17.7 Å². The summed E-state index contributed by atoms with van der Waals surface area (Å²) in [5, 5.41) is 11.0. The second-order valence-electron chi connectivity index (χ2n) is 5.54. The summed E-state index contributed by atoms with van der Waals surface area (Å²) in [5.74, 6) is 1.45. The zero-order valence-electron chi connectivity index (χ0n) is 14.3. The van der Waals surface area contributed by atoms with Gasteiger partial charge in [-0.25, -0.2) is 4.98 Å². The number of imidazole rings is 1. The van der Waals surface area contributed by atoms with Crippen molar-refractivity contribution in [2.75, 3.05) is 18.2 Å². The molecule has 0 fully saturated rings. The summed E-state index contributed by atoms with van der Waals surface area (Å²) in [5.41, 5.74) is 2.44. The number of amides is 1. The average molecular weight is 381 g/mol. The summed E-state index contributed by atoms with van der Waals surface area (Å²) < 4.78 is 10.7. The van der Waals surface area contributed by atoms with Crippen molar-refractivity contribution < 1.29 is 13.9 Å². The fourth-order valence-electron chi connectivity index (χ4n) is 2.43. The van der Waals surface area contributed by atoms with Crippen molar-refractivity contribution in [1.82, 2.24) is 20.2 Å². The Kier molecular flexibility index (Phi) is 4.75. The number of thioether (sulfide) groups is 1. The first-order valence-corrected chi connectivity index (χ1v) is 9.05. The molecular weight excluding hydrogens is 366 g/mol. The van der Waals surface area contributed by atoms with Gasteiger partial charge in [-0.3, -0.25) is 10.1 Å². The first-order chi connectivity index (χ1) is 13.2. The largest absolute Gasteiger partial charge is 0.497 e. The molecule has 0 unspecified atom stereocenters. The molecule has 9 heteroatoms. The highest BCUT2D eigenvalue weighted by molar-refractivity contribution is 7.99. The van der Waals surface area contributed by atoms with Gasteiger partial charge in [0.1, 0.15) is 5.75 Å². The van der Waals surface area contributed by atoms with Gasteiger partial charge in [0.25, 0.3) is 5.22 Å². The maximum Gasteiger partial charge on any atom is 0.277 e. The van der Waals surface area contributed by atoms with E-state index in [2.05, 4.69) is 25.5 Å². The minimum Gasteiger partial charge on any atom is -0.497 e. The number of ether oxygens (including phenoxy) is 1. The predicted molar refractivity (Wildman–Crippen MR) is 102 cm³/mol. The van der Waals surface area contributed by atoms with Gasteiger partial charge in [0, 0.05) is 5.56 Å². The van der Waals surface area contributed by atoms with Gasteiger partial charge in [-0.1, -0.05) is 23.9 Å². The van der Waals surface area contributed by atoms with Crippen LogP contribution in [0, 0.1) is 0 Å². The van der Waals surface area contributed by atoms with Crippen molar-refractivity contribution >= 4 is 34.7 Å². The molecule has 0 saturated carbocycles. The predicted octanol–water partition coefficient (Wildman–Crippen LogP) is 3.35. The van der Waals surface area contributed by atoms with E-state index in [0.717, 1.165) is 34.1 Å². The van der Waals surface area contributed by atoms with Crippen LogP contribution in [0.2, 0.25) is 0 Å². The van der Waals surface area contributed by atoms with Gasteiger partial charge in [-0.2, -0.15) is 0 Å². The number of benzene rings is 2. The van der Waals surface area contributed by atoms with Crippen molar-refractivity contribution in [3.8, 4) is 17.2 Å². The molecule has 8 nitrogen and oxygen atoms in total. The molecule has 136 valence electrons. The quantitative estimate of drug-likeness (QED) is 0.493. The number of para-hydroxylation sites is 2. The van der Waals surface area contributed by atoms with Crippen LogP contribution in [-0.4, -0.2) is 38.9 Å². The lowest BCUT2D eigenvalue weighted by molar-refractivity contribution is -0.113. The van der Waals surface area contributed by atoms with E-state index in [4.69, 9.17) is 9.15 Å². The number of aromatic amines is 1. The number of aromatic nitrogens is 4. The number of rotatable bonds is 6. The number of carbonyl (C=O) groups is 1. The van der Waals surface area contributed by atoms with E-state index in [-0.39, 0.29) is 11.7 Å². The van der Waals surface area contributed by atoms with Crippen LogP contribution in [0.5, 0.6) is 5.75 Å². The van der Waals surface area contributed by atoms with Crippen LogP contribution in [0.25, 0.3) is 22.5 Å². The second-order valence-corrected chi connectivity index (χ2v) is 6.47. The van der Waals surface area contributed by atoms with E-state index in [1.807, 2.05) is 48.5 Å². The van der Waals surface area contributed by atoms with Crippen LogP contribution >= 0.6 is 11.8 Å². The first-order valence-electron chi connectivity index (χ1n) is 8.06. The Morgan fingerprint density at radius 1 is 1.19 bits per heavy atom. The number of nitrogens with one attached hydrogen (secondary N) is 2. The molecule has 0 spiro atoms. The average Bonchev–Trinajstić information content (AvgIpc) is 3.33. The van der Waals surface area contributed by atoms with E-state index < -0.39 is 0 Å². The van der Waals surface area contributed by atoms with E-state index in [0.29, 0.717) is 17.1 Å². The normalized spacial score (nSPS) is 10.9. The third kappa shape index (κ3) is 3.93. The van der Waals surface area contributed by atoms with E-state index >= 15 is 0 Å². The molecule has 2 heterocycles. The number of hydrogen-bond acceptors (Lipinski definition) is 7. The maximum absolute atomic E-state index is 12.1. The van der Waals surface area contributed by atoms with Gasteiger partial charge in [-0.05, 0) is 36.4 Å². The number of fused-ring (bicyclic) bond motifs is 1. The lowest BCUT2D eigenvalue weighted by Crippen LogP contribution is -2.14. The Hall–Kier alpha value is -3.33. The number of H-pyrrole nitrogens is 1. The maximum atomic E-state index is 12.1. The van der Waals surface area contributed by atoms with Gasteiger partial charge in [0.15, 0.2) is 0 Å². The molecule has 2 aromatic carbocycles. The van der Waals surface area contributed by atoms with Crippen LogP contribution in [-0.2, 0) is 4.79 Å². The van der Waals surface area contributed by atoms with Crippen LogP contribution < -0.4 is 10.1 Å². The summed E-state index contributed by atoms with van der Waals surface area (Å²) in [4.78, 5) is 19.5. The van der Waals surface area contributed by atoms with Crippen molar-refractivity contribution in [3.63, 3.8) is 0 Å². The zero-order chi connectivity index (χ0) is 18.6. The van der Waals surface area contributed by atoms with Crippen molar-refractivity contribution in [2.45, 2.75) is 5.22 Å².